The Morgan fingerprint density at radius 3 is 2.28 bits per heavy atom. The van der Waals surface area contributed by atoms with Crippen molar-refractivity contribution in [3.8, 4) is 11.5 Å². The first-order valence-corrected chi connectivity index (χ1v) is 8.56. The van der Waals surface area contributed by atoms with Crippen molar-refractivity contribution in [1.82, 2.24) is 0 Å². The van der Waals surface area contributed by atoms with Gasteiger partial charge in [-0.25, -0.2) is 0 Å². The number of carbonyl (C=O) groups is 1. The summed E-state index contributed by atoms with van der Waals surface area (Å²) in [6.07, 6.45) is 2.71. The summed E-state index contributed by atoms with van der Waals surface area (Å²) in [5.41, 5.74) is 1.95. The molecule has 0 spiro atoms. The fraction of sp³-hybridized carbons (Fsp3) is 0.286. The number of amides is 1. The number of anilines is 1. The van der Waals surface area contributed by atoms with Crippen molar-refractivity contribution < 1.29 is 14.3 Å². The van der Waals surface area contributed by atoms with Gasteiger partial charge < -0.3 is 14.8 Å². The van der Waals surface area contributed by atoms with Gasteiger partial charge in [0, 0.05) is 5.69 Å². The standard InChI is InChI=1S/C21H25NO3/c1-4-15-24-18-13-9-17(10-14-18)22-21(23)20(6-3)25-19-11-7-16(5-2)8-12-19/h4,7-14,20H,1,5-6,15H2,2-3H3,(H,22,23)/t20-/m0/s1. The van der Waals surface area contributed by atoms with Crippen molar-refractivity contribution in [2.24, 2.45) is 0 Å². The number of aryl methyl sites for hydroxylation is 1. The topological polar surface area (TPSA) is 47.6 Å². The first kappa shape index (κ1) is 18.6. The lowest BCUT2D eigenvalue weighted by atomic mass is 10.1. The van der Waals surface area contributed by atoms with Crippen LogP contribution in [0.4, 0.5) is 5.69 Å². The van der Waals surface area contributed by atoms with Crippen LogP contribution in [0.1, 0.15) is 25.8 Å². The summed E-state index contributed by atoms with van der Waals surface area (Å²) in [4.78, 5) is 12.4. The van der Waals surface area contributed by atoms with Gasteiger partial charge in [-0.15, -0.1) is 0 Å². The van der Waals surface area contributed by atoms with Crippen molar-refractivity contribution in [3.05, 3.63) is 66.7 Å². The van der Waals surface area contributed by atoms with Gasteiger partial charge in [-0.3, -0.25) is 4.79 Å². The highest BCUT2D eigenvalue weighted by atomic mass is 16.5. The Morgan fingerprint density at radius 1 is 1.08 bits per heavy atom. The average molecular weight is 339 g/mol. The van der Waals surface area contributed by atoms with Gasteiger partial charge in [-0.2, -0.15) is 0 Å². The van der Waals surface area contributed by atoms with E-state index >= 15 is 0 Å². The van der Waals surface area contributed by atoms with Gasteiger partial charge in [0.2, 0.25) is 0 Å². The van der Waals surface area contributed by atoms with E-state index in [-0.39, 0.29) is 5.91 Å². The van der Waals surface area contributed by atoms with E-state index in [2.05, 4.69) is 18.8 Å². The second-order valence-corrected chi connectivity index (χ2v) is 5.63. The first-order valence-electron chi connectivity index (χ1n) is 8.56. The Morgan fingerprint density at radius 2 is 1.72 bits per heavy atom. The molecule has 4 heteroatoms. The van der Waals surface area contributed by atoms with Gasteiger partial charge in [0.15, 0.2) is 6.10 Å². The highest BCUT2D eigenvalue weighted by Gasteiger charge is 2.18. The molecule has 4 nitrogen and oxygen atoms in total. The van der Waals surface area contributed by atoms with Crippen LogP contribution in [-0.2, 0) is 11.2 Å². The molecule has 0 bridgehead atoms. The minimum absolute atomic E-state index is 0.165. The van der Waals surface area contributed by atoms with Crippen LogP contribution in [0.3, 0.4) is 0 Å². The molecule has 132 valence electrons. The van der Waals surface area contributed by atoms with E-state index in [1.165, 1.54) is 5.56 Å². The van der Waals surface area contributed by atoms with Gasteiger partial charge in [0.05, 0.1) is 0 Å². The lowest BCUT2D eigenvalue weighted by molar-refractivity contribution is -0.122. The van der Waals surface area contributed by atoms with Crippen LogP contribution in [-0.4, -0.2) is 18.6 Å². The summed E-state index contributed by atoms with van der Waals surface area (Å²) in [5, 5.41) is 2.88. The van der Waals surface area contributed by atoms with E-state index in [0.717, 1.165) is 12.2 Å². The molecular formula is C21H25NO3. The normalized spacial score (nSPS) is 11.4. The van der Waals surface area contributed by atoms with Crippen molar-refractivity contribution in [3.63, 3.8) is 0 Å². The number of rotatable bonds is 9. The van der Waals surface area contributed by atoms with Crippen molar-refractivity contribution in [2.75, 3.05) is 11.9 Å². The number of nitrogens with one attached hydrogen (secondary N) is 1. The fourth-order valence-electron chi connectivity index (χ4n) is 2.30. The van der Waals surface area contributed by atoms with Crippen LogP contribution in [0, 0.1) is 0 Å². The van der Waals surface area contributed by atoms with E-state index in [1.54, 1.807) is 18.2 Å². The van der Waals surface area contributed by atoms with Gasteiger partial charge in [0.25, 0.3) is 5.91 Å². The molecule has 0 aliphatic carbocycles. The SMILES string of the molecule is C=CCOc1ccc(NC(=O)[C@H](CC)Oc2ccc(CC)cc2)cc1. The molecule has 0 fully saturated rings. The predicted octanol–water partition coefficient (Wildman–Crippen LogP) is 4.61. The third-order valence-corrected chi connectivity index (χ3v) is 3.76. The zero-order valence-corrected chi connectivity index (χ0v) is 14.8. The van der Waals surface area contributed by atoms with Crippen LogP contribution >= 0.6 is 0 Å². The van der Waals surface area contributed by atoms with E-state index in [0.29, 0.717) is 24.5 Å². The van der Waals surface area contributed by atoms with Crippen LogP contribution in [0.2, 0.25) is 0 Å². The van der Waals surface area contributed by atoms with Crippen molar-refractivity contribution in [2.45, 2.75) is 32.8 Å². The van der Waals surface area contributed by atoms with Crippen LogP contribution in [0.25, 0.3) is 0 Å². The Kier molecular flexibility index (Phi) is 7.08. The molecule has 1 N–H and O–H groups in total. The summed E-state index contributed by atoms with van der Waals surface area (Å²) >= 11 is 0. The maximum absolute atomic E-state index is 12.4. The second kappa shape index (κ2) is 9.52. The smallest absolute Gasteiger partial charge is 0.265 e. The summed E-state index contributed by atoms with van der Waals surface area (Å²) < 4.78 is 11.3. The van der Waals surface area contributed by atoms with Crippen molar-refractivity contribution >= 4 is 11.6 Å². The monoisotopic (exact) mass is 339 g/mol. The minimum Gasteiger partial charge on any atom is -0.490 e. The summed E-state index contributed by atoms with van der Waals surface area (Å²) in [7, 11) is 0. The van der Waals surface area contributed by atoms with E-state index < -0.39 is 6.10 Å². The third kappa shape index (κ3) is 5.68. The molecule has 0 saturated carbocycles. The lowest BCUT2D eigenvalue weighted by Crippen LogP contribution is -2.32. The molecule has 2 rings (SSSR count). The summed E-state index contributed by atoms with van der Waals surface area (Å²) in [5.74, 6) is 1.27. The number of hydrogen-bond donors (Lipinski definition) is 1. The molecule has 0 radical (unpaired) electrons. The van der Waals surface area contributed by atoms with Crippen LogP contribution < -0.4 is 14.8 Å². The van der Waals surface area contributed by atoms with Gasteiger partial charge in [-0.05, 0) is 54.8 Å². The molecule has 0 aromatic heterocycles. The Hall–Kier alpha value is -2.75. The number of ether oxygens (including phenoxy) is 2. The second-order valence-electron chi connectivity index (χ2n) is 5.63. The Balaban J connectivity index is 1.95. The third-order valence-electron chi connectivity index (χ3n) is 3.76. The quantitative estimate of drug-likeness (QED) is 0.679. The van der Waals surface area contributed by atoms with E-state index in [4.69, 9.17) is 9.47 Å². The lowest BCUT2D eigenvalue weighted by Gasteiger charge is -2.17. The van der Waals surface area contributed by atoms with E-state index in [1.807, 2.05) is 43.3 Å². The molecule has 2 aromatic rings. The molecule has 1 atom stereocenters. The molecule has 0 aliphatic heterocycles. The molecular weight excluding hydrogens is 314 g/mol. The highest BCUT2D eigenvalue weighted by molar-refractivity contribution is 5.94. The molecule has 2 aromatic carbocycles. The molecule has 0 saturated heterocycles. The van der Waals surface area contributed by atoms with Gasteiger partial charge >= 0.3 is 0 Å². The molecule has 25 heavy (non-hydrogen) atoms. The highest BCUT2D eigenvalue weighted by Crippen LogP contribution is 2.18. The molecule has 0 heterocycles. The van der Waals surface area contributed by atoms with Gasteiger partial charge in [-0.1, -0.05) is 38.6 Å². The maximum atomic E-state index is 12.4. The Labute approximate surface area is 149 Å². The average Bonchev–Trinajstić information content (AvgIpc) is 2.66. The molecule has 1 amide bonds. The van der Waals surface area contributed by atoms with E-state index in [9.17, 15) is 4.79 Å². The Bertz CT molecular complexity index is 677. The number of benzene rings is 2. The summed E-state index contributed by atoms with van der Waals surface area (Å²) in [6.45, 7) is 8.09. The fourth-order valence-corrected chi connectivity index (χ4v) is 2.30. The zero-order valence-electron chi connectivity index (χ0n) is 14.8. The van der Waals surface area contributed by atoms with Crippen LogP contribution in [0.15, 0.2) is 61.2 Å². The predicted molar refractivity (Wildman–Crippen MR) is 101 cm³/mol. The molecule has 0 unspecified atom stereocenters. The van der Waals surface area contributed by atoms with Gasteiger partial charge in [0.1, 0.15) is 18.1 Å². The minimum atomic E-state index is -0.538. The zero-order chi connectivity index (χ0) is 18.1. The number of carbonyl (C=O) groups excluding carboxylic acids is 1. The first-order chi connectivity index (χ1) is 12.2. The summed E-state index contributed by atoms with van der Waals surface area (Å²) in [6, 6.07) is 15.1. The maximum Gasteiger partial charge on any atom is 0.265 e. The van der Waals surface area contributed by atoms with Crippen molar-refractivity contribution in [1.29, 1.82) is 0 Å². The largest absolute Gasteiger partial charge is 0.490 e. The number of hydrogen-bond acceptors (Lipinski definition) is 3. The van der Waals surface area contributed by atoms with Crippen LogP contribution in [0.5, 0.6) is 11.5 Å². The molecule has 0 aliphatic rings.